The lowest BCUT2D eigenvalue weighted by atomic mass is 10.0. The Morgan fingerprint density at radius 2 is 2.21 bits per heavy atom. The number of carbonyl (C=O) groups is 1. The number of rotatable bonds is 4. The van der Waals surface area contributed by atoms with Crippen molar-refractivity contribution in [2.24, 2.45) is 0 Å². The molecule has 1 amide bonds. The molecule has 1 fully saturated rings. The monoisotopic (exact) mass is 330 g/mol. The molecule has 1 N–H and O–H groups in total. The first-order valence-corrected chi connectivity index (χ1v) is 8.32. The molecular formula is C18H23FN4O. The van der Waals surface area contributed by atoms with Crippen molar-refractivity contribution in [3.05, 3.63) is 47.5 Å². The molecule has 1 aromatic carbocycles. The third-order valence-corrected chi connectivity index (χ3v) is 4.36. The molecule has 0 aliphatic carbocycles. The molecular weight excluding hydrogens is 307 g/mol. The molecule has 2 heterocycles. The normalized spacial score (nSPS) is 17.8. The number of amides is 1. The van der Waals surface area contributed by atoms with Crippen LogP contribution in [0.1, 0.15) is 24.2 Å². The van der Waals surface area contributed by atoms with Gasteiger partial charge in [0.15, 0.2) is 0 Å². The van der Waals surface area contributed by atoms with Crippen LogP contribution in [0, 0.1) is 19.7 Å². The summed E-state index contributed by atoms with van der Waals surface area (Å²) in [6.45, 7) is 5.68. The highest BCUT2D eigenvalue weighted by Crippen LogP contribution is 2.20. The zero-order valence-electron chi connectivity index (χ0n) is 14.1. The van der Waals surface area contributed by atoms with Gasteiger partial charge in [0, 0.05) is 30.5 Å². The predicted octanol–water partition coefficient (Wildman–Crippen LogP) is 2.42. The summed E-state index contributed by atoms with van der Waals surface area (Å²) < 4.78 is 15.1. The van der Waals surface area contributed by atoms with E-state index in [1.54, 1.807) is 16.8 Å². The van der Waals surface area contributed by atoms with E-state index < -0.39 is 0 Å². The number of nitrogens with zero attached hydrogens (tertiary/aromatic N) is 3. The summed E-state index contributed by atoms with van der Waals surface area (Å²) in [6.07, 6.45) is 1.91. The van der Waals surface area contributed by atoms with Crippen LogP contribution in [0.4, 0.5) is 10.1 Å². The van der Waals surface area contributed by atoms with E-state index in [1.165, 1.54) is 6.07 Å². The number of anilines is 1. The van der Waals surface area contributed by atoms with Gasteiger partial charge in [0.1, 0.15) is 12.4 Å². The van der Waals surface area contributed by atoms with Crippen molar-refractivity contribution in [3.63, 3.8) is 0 Å². The molecule has 0 saturated carbocycles. The van der Waals surface area contributed by atoms with Crippen molar-refractivity contribution in [2.75, 3.05) is 18.0 Å². The van der Waals surface area contributed by atoms with E-state index in [0.29, 0.717) is 6.54 Å². The molecule has 5 nitrogen and oxygen atoms in total. The number of aromatic nitrogens is 2. The summed E-state index contributed by atoms with van der Waals surface area (Å²) in [6, 6.07) is 8.64. The summed E-state index contributed by atoms with van der Waals surface area (Å²) >= 11 is 0. The second-order valence-electron chi connectivity index (χ2n) is 6.42. The average Bonchev–Trinajstić information content (AvgIpc) is 2.85. The molecule has 6 heteroatoms. The maximum Gasteiger partial charge on any atom is 0.242 e. The molecule has 1 saturated heterocycles. The van der Waals surface area contributed by atoms with Crippen molar-refractivity contribution in [1.82, 2.24) is 15.1 Å². The van der Waals surface area contributed by atoms with Crippen LogP contribution in [-0.2, 0) is 11.3 Å². The van der Waals surface area contributed by atoms with Gasteiger partial charge in [-0.05, 0) is 51.0 Å². The Morgan fingerprint density at radius 3 is 2.92 bits per heavy atom. The largest absolute Gasteiger partial charge is 0.369 e. The number of aryl methyl sites for hydroxylation is 2. The Hall–Kier alpha value is -2.37. The van der Waals surface area contributed by atoms with Gasteiger partial charge < -0.3 is 10.2 Å². The third-order valence-electron chi connectivity index (χ3n) is 4.36. The van der Waals surface area contributed by atoms with Crippen LogP contribution in [0.2, 0.25) is 0 Å². The fraction of sp³-hybridized carbons (Fsp3) is 0.444. The number of hydrogen-bond acceptors (Lipinski definition) is 3. The van der Waals surface area contributed by atoms with Gasteiger partial charge in [-0.2, -0.15) is 5.10 Å². The number of benzene rings is 1. The van der Waals surface area contributed by atoms with Crippen LogP contribution in [0.3, 0.4) is 0 Å². The van der Waals surface area contributed by atoms with Gasteiger partial charge in [0.05, 0.1) is 5.69 Å². The van der Waals surface area contributed by atoms with Crippen molar-refractivity contribution in [1.29, 1.82) is 0 Å². The van der Waals surface area contributed by atoms with Gasteiger partial charge in [0.25, 0.3) is 0 Å². The van der Waals surface area contributed by atoms with E-state index in [-0.39, 0.29) is 24.3 Å². The molecule has 1 aliphatic rings. The first-order chi connectivity index (χ1) is 11.5. The van der Waals surface area contributed by atoms with Gasteiger partial charge in [-0.25, -0.2) is 4.39 Å². The SMILES string of the molecule is Cc1cc(C)n(CC(=O)N[C@H]2CCCN(c3cccc(F)c3)C2)n1. The minimum Gasteiger partial charge on any atom is -0.369 e. The molecule has 128 valence electrons. The minimum absolute atomic E-state index is 0.0349. The molecule has 3 rings (SSSR count). The average molecular weight is 330 g/mol. The maximum absolute atomic E-state index is 13.4. The number of hydrogen-bond donors (Lipinski definition) is 1. The zero-order chi connectivity index (χ0) is 17.1. The van der Waals surface area contributed by atoms with Gasteiger partial charge in [-0.15, -0.1) is 0 Å². The Balaban J connectivity index is 1.59. The zero-order valence-corrected chi connectivity index (χ0v) is 14.1. The lowest BCUT2D eigenvalue weighted by Gasteiger charge is -2.34. The molecule has 0 bridgehead atoms. The fourth-order valence-electron chi connectivity index (χ4n) is 3.25. The highest BCUT2D eigenvalue weighted by molar-refractivity contribution is 5.76. The van der Waals surface area contributed by atoms with E-state index in [4.69, 9.17) is 0 Å². The lowest BCUT2D eigenvalue weighted by Crippen LogP contribution is -2.48. The first kappa shape index (κ1) is 16.5. The second kappa shape index (κ2) is 7.03. The summed E-state index contributed by atoms with van der Waals surface area (Å²) in [4.78, 5) is 14.4. The Bertz CT molecular complexity index is 728. The molecule has 24 heavy (non-hydrogen) atoms. The quantitative estimate of drug-likeness (QED) is 0.937. The standard InChI is InChI=1S/C18H23FN4O/c1-13-9-14(2)23(21-13)12-18(24)20-16-6-4-8-22(11-16)17-7-3-5-15(19)10-17/h3,5,7,9-10,16H,4,6,8,11-12H2,1-2H3,(H,20,24)/t16-/m0/s1. The Labute approximate surface area is 141 Å². The number of piperidine rings is 1. The fourth-order valence-corrected chi connectivity index (χ4v) is 3.25. The number of nitrogens with one attached hydrogen (secondary N) is 1. The summed E-state index contributed by atoms with van der Waals surface area (Å²) in [5, 5.41) is 7.40. The molecule has 1 aromatic heterocycles. The van der Waals surface area contributed by atoms with E-state index in [1.807, 2.05) is 26.0 Å². The molecule has 0 radical (unpaired) electrons. The molecule has 1 atom stereocenters. The summed E-state index contributed by atoms with van der Waals surface area (Å²) in [7, 11) is 0. The summed E-state index contributed by atoms with van der Waals surface area (Å²) in [5.41, 5.74) is 2.76. The topological polar surface area (TPSA) is 50.2 Å². The van der Waals surface area contributed by atoms with E-state index in [9.17, 15) is 9.18 Å². The Kier molecular flexibility index (Phi) is 4.83. The van der Waals surface area contributed by atoms with Crippen molar-refractivity contribution in [2.45, 2.75) is 39.3 Å². The van der Waals surface area contributed by atoms with Gasteiger partial charge >= 0.3 is 0 Å². The lowest BCUT2D eigenvalue weighted by molar-refractivity contribution is -0.122. The maximum atomic E-state index is 13.4. The van der Waals surface area contributed by atoms with Gasteiger partial charge in [-0.3, -0.25) is 9.48 Å². The minimum atomic E-state index is -0.233. The Morgan fingerprint density at radius 1 is 1.38 bits per heavy atom. The molecule has 2 aromatic rings. The second-order valence-corrected chi connectivity index (χ2v) is 6.42. The molecule has 0 spiro atoms. The van der Waals surface area contributed by atoms with Crippen LogP contribution in [-0.4, -0.2) is 34.8 Å². The van der Waals surface area contributed by atoms with Crippen molar-refractivity contribution >= 4 is 11.6 Å². The van der Waals surface area contributed by atoms with Crippen LogP contribution >= 0.6 is 0 Å². The molecule has 0 unspecified atom stereocenters. The smallest absolute Gasteiger partial charge is 0.242 e. The summed E-state index contributed by atoms with van der Waals surface area (Å²) in [5.74, 6) is -0.268. The predicted molar refractivity (Wildman–Crippen MR) is 91.5 cm³/mol. The van der Waals surface area contributed by atoms with Gasteiger partial charge in [-0.1, -0.05) is 6.07 Å². The number of carbonyl (C=O) groups excluding carboxylic acids is 1. The number of halogens is 1. The van der Waals surface area contributed by atoms with E-state index >= 15 is 0 Å². The van der Waals surface area contributed by atoms with E-state index in [2.05, 4.69) is 15.3 Å². The highest BCUT2D eigenvalue weighted by atomic mass is 19.1. The van der Waals surface area contributed by atoms with Crippen LogP contribution in [0.25, 0.3) is 0 Å². The van der Waals surface area contributed by atoms with Crippen LogP contribution < -0.4 is 10.2 Å². The highest BCUT2D eigenvalue weighted by Gasteiger charge is 2.22. The van der Waals surface area contributed by atoms with Crippen LogP contribution in [0.15, 0.2) is 30.3 Å². The van der Waals surface area contributed by atoms with Crippen LogP contribution in [0.5, 0.6) is 0 Å². The first-order valence-electron chi connectivity index (χ1n) is 8.32. The van der Waals surface area contributed by atoms with Crippen molar-refractivity contribution in [3.8, 4) is 0 Å². The van der Waals surface area contributed by atoms with Gasteiger partial charge in [0.2, 0.25) is 5.91 Å². The third kappa shape index (κ3) is 3.93. The van der Waals surface area contributed by atoms with Crippen molar-refractivity contribution < 1.29 is 9.18 Å². The van der Waals surface area contributed by atoms with E-state index in [0.717, 1.165) is 36.5 Å². The molecule has 1 aliphatic heterocycles.